The van der Waals surface area contributed by atoms with E-state index in [0.717, 1.165) is 43.1 Å². The van der Waals surface area contributed by atoms with Crippen LogP contribution >= 0.6 is 11.8 Å². The van der Waals surface area contributed by atoms with Gasteiger partial charge in [-0.15, -0.1) is 0 Å². The molecule has 1 N–H and O–H groups in total. The monoisotopic (exact) mass is 318 g/mol. The van der Waals surface area contributed by atoms with Gasteiger partial charge in [0.2, 0.25) is 0 Å². The fraction of sp³-hybridized carbons (Fsp3) is 0.400. The highest BCUT2D eigenvalue weighted by atomic mass is 32.2. The molecule has 0 aliphatic carbocycles. The minimum absolute atomic E-state index is 0.0783. The van der Waals surface area contributed by atoms with Crippen LogP contribution in [0.5, 0.6) is 0 Å². The van der Waals surface area contributed by atoms with Gasteiger partial charge in [-0.3, -0.25) is 10.1 Å². The van der Waals surface area contributed by atoms with Crippen molar-refractivity contribution in [3.05, 3.63) is 45.6 Å². The van der Waals surface area contributed by atoms with E-state index >= 15 is 0 Å². The summed E-state index contributed by atoms with van der Waals surface area (Å²) in [6.45, 7) is 0.873. The van der Waals surface area contributed by atoms with Gasteiger partial charge in [0.15, 0.2) is 0 Å². The number of hydrogen-bond acceptors (Lipinski definition) is 5. The lowest BCUT2D eigenvalue weighted by Crippen LogP contribution is -2.08. The van der Waals surface area contributed by atoms with E-state index in [4.69, 9.17) is 0 Å². The molecule has 0 spiro atoms. The molecule has 0 saturated heterocycles. The van der Waals surface area contributed by atoms with E-state index in [1.807, 2.05) is 6.26 Å². The minimum atomic E-state index is -0.353. The van der Waals surface area contributed by atoms with Crippen LogP contribution in [0.4, 0.5) is 11.5 Å². The van der Waals surface area contributed by atoms with Crippen molar-refractivity contribution < 1.29 is 4.92 Å². The van der Waals surface area contributed by atoms with Crippen LogP contribution in [0.2, 0.25) is 0 Å². The smallest absolute Gasteiger partial charge is 0.294 e. The second-order valence-corrected chi connectivity index (χ2v) is 6.11. The van der Waals surface area contributed by atoms with Gasteiger partial charge in [0.1, 0.15) is 11.5 Å². The van der Waals surface area contributed by atoms with Gasteiger partial charge in [-0.25, -0.2) is 4.68 Å². The summed E-state index contributed by atoms with van der Waals surface area (Å²) in [4.78, 5) is 11.0. The molecule has 3 rings (SSSR count). The summed E-state index contributed by atoms with van der Waals surface area (Å²) in [7, 11) is 0. The molecular formula is C15H18N4O2S. The van der Waals surface area contributed by atoms with Gasteiger partial charge in [0.05, 0.1) is 10.6 Å². The number of fused-ring (bicyclic) bond motifs is 1. The summed E-state index contributed by atoms with van der Waals surface area (Å²) in [5, 5.41) is 19.4. The number of hydrogen-bond donors (Lipinski definition) is 1. The van der Waals surface area contributed by atoms with Crippen LogP contribution in [0.15, 0.2) is 24.3 Å². The van der Waals surface area contributed by atoms with Crippen molar-refractivity contribution in [2.24, 2.45) is 0 Å². The Bertz CT molecular complexity index is 699. The van der Waals surface area contributed by atoms with E-state index in [0.29, 0.717) is 5.69 Å². The Labute approximate surface area is 133 Å². The van der Waals surface area contributed by atoms with Crippen LogP contribution < -0.4 is 5.32 Å². The number of nitrogens with zero attached hydrogens (tertiary/aromatic N) is 3. The third-order valence-corrected chi connectivity index (χ3v) is 4.36. The van der Waals surface area contributed by atoms with Crippen LogP contribution in [0, 0.1) is 10.1 Å². The molecule has 1 aliphatic heterocycles. The molecule has 7 heteroatoms. The molecule has 1 aromatic heterocycles. The fourth-order valence-corrected chi connectivity index (χ4v) is 3.30. The molecule has 0 bridgehead atoms. The average molecular weight is 318 g/mol. The van der Waals surface area contributed by atoms with Crippen molar-refractivity contribution in [1.29, 1.82) is 0 Å². The first kappa shape index (κ1) is 14.9. The Kier molecular flexibility index (Phi) is 4.33. The van der Waals surface area contributed by atoms with E-state index in [1.165, 1.54) is 11.6 Å². The van der Waals surface area contributed by atoms with Gasteiger partial charge in [-0.2, -0.15) is 16.9 Å². The lowest BCUT2D eigenvalue weighted by molar-refractivity contribution is -0.384. The molecule has 0 fully saturated rings. The normalized spacial score (nSPS) is 14.0. The third-order valence-electron chi connectivity index (χ3n) is 3.80. The van der Waals surface area contributed by atoms with Crippen molar-refractivity contribution in [3.8, 4) is 5.69 Å². The van der Waals surface area contributed by atoms with Gasteiger partial charge in [0.25, 0.3) is 5.69 Å². The van der Waals surface area contributed by atoms with Crippen LogP contribution in [0.3, 0.4) is 0 Å². The molecule has 2 aromatic rings. The number of nitrogens with one attached hydrogen (secondary N) is 1. The Balaban J connectivity index is 2.17. The topological polar surface area (TPSA) is 73.0 Å². The third kappa shape index (κ3) is 2.68. The molecule has 2 heterocycles. The maximum absolute atomic E-state index is 11.3. The summed E-state index contributed by atoms with van der Waals surface area (Å²) >= 11 is 1.72. The molecule has 6 nitrogen and oxygen atoms in total. The Hall–Kier alpha value is -2.02. The zero-order valence-corrected chi connectivity index (χ0v) is 13.2. The number of thioether (sulfide) groups is 1. The largest absolute Gasteiger partial charge is 0.370 e. The average Bonchev–Trinajstić information content (AvgIpc) is 2.71. The Morgan fingerprint density at radius 2 is 2.23 bits per heavy atom. The van der Waals surface area contributed by atoms with Gasteiger partial charge >= 0.3 is 0 Å². The van der Waals surface area contributed by atoms with Crippen LogP contribution in [-0.4, -0.2) is 27.5 Å². The number of nitro groups is 1. The summed E-state index contributed by atoms with van der Waals surface area (Å²) in [5.74, 6) is 1.73. The zero-order chi connectivity index (χ0) is 15.5. The highest BCUT2D eigenvalue weighted by Crippen LogP contribution is 2.32. The maximum Gasteiger partial charge on any atom is 0.294 e. The molecule has 0 radical (unpaired) electrons. The fourth-order valence-electron chi connectivity index (χ4n) is 2.80. The van der Waals surface area contributed by atoms with Gasteiger partial charge in [0, 0.05) is 23.9 Å². The predicted molar refractivity (Wildman–Crippen MR) is 88.9 cm³/mol. The molecule has 1 aromatic carbocycles. The molecule has 0 atom stereocenters. The molecule has 0 unspecified atom stereocenters. The minimum Gasteiger partial charge on any atom is -0.370 e. The zero-order valence-electron chi connectivity index (χ0n) is 12.4. The van der Waals surface area contributed by atoms with Gasteiger partial charge < -0.3 is 5.32 Å². The lowest BCUT2D eigenvalue weighted by Gasteiger charge is -2.09. The van der Waals surface area contributed by atoms with Crippen molar-refractivity contribution in [2.75, 3.05) is 18.1 Å². The van der Waals surface area contributed by atoms with Crippen LogP contribution in [-0.2, 0) is 12.2 Å². The van der Waals surface area contributed by atoms with E-state index in [2.05, 4.69) is 10.4 Å². The quantitative estimate of drug-likeness (QED) is 0.691. The van der Waals surface area contributed by atoms with E-state index in [-0.39, 0.29) is 10.6 Å². The number of rotatable bonds is 4. The van der Waals surface area contributed by atoms with Gasteiger partial charge in [-0.05, 0) is 31.6 Å². The molecular weight excluding hydrogens is 300 g/mol. The molecule has 0 saturated carbocycles. The first-order valence-corrected chi connectivity index (χ1v) is 8.69. The summed E-state index contributed by atoms with van der Waals surface area (Å²) in [5.41, 5.74) is 2.82. The number of benzene rings is 1. The number of anilines is 1. The lowest BCUT2D eigenvalue weighted by atomic mass is 10.1. The first-order chi connectivity index (χ1) is 10.7. The standard InChI is InChI=1S/C15H18N4O2S/c1-22-10-12-11-6-4-5-9-16-15(11)18(17-12)13-7-2-3-8-14(13)19(20)21/h2-3,7-8,16H,4-6,9-10H2,1H3. The highest BCUT2D eigenvalue weighted by molar-refractivity contribution is 7.97. The second kappa shape index (κ2) is 6.39. The SMILES string of the molecule is CSCc1nn(-c2ccccc2[N+](=O)[O-])c2c1CCCCN2. The van der Waals surface area contributed by atoms with E-state index < -0.39 is 0 Å². The molecule has 22 heavy (non-hydrogen) atoms. The van der Waals surface area contributed by atoms with E-state index in [9.17, 15) is 10.1 Å². The molecule has 1 aliphatic rings. The van der Waals surface area contributed by atoms with Gasteiger partial charge in [-0.1, -0.05) is 12.1 Å². The van der Waals surface area contributed by atoms with Crippen LogP contribution in [0.25, 0.3) is 5.69 Å². The van der Waals surface area contributed by atoms with E-state index in [1.54, 1.807) is 34.6 Å². The Morgan fingerprint density at radius 1 is 1.41 bits per heavy atom. The predicted octanol–water partition coefficient (Wildman–Crippen LogP) is 3.39. The summed E-state index contributed by atoms with van der Waals surface area (Å²) in [6.07, 6.45) is 5.23. The van der Waals surface area contributed by atoms with Crippen LogP contribution in [0.1, 0.15) is 24.1 Å². The Morgan fingerprint density at radius 3 is 3.00 bits per heavy atom. The highest BCUT2D eigenvalue weighted by Gasteiger charge is 2.24. The number of aromatic nitrogens is 2. The summed E-state index contributed by atoms with van der Waals surface area (Å²) in [6, 6.07) is 6.76. The van der Waals surface area contributed by atoms with Crippen molar-refractivity contribution in [2.45, 2.75) is 25.0 Å². The van der Waals surface area contributed by atoms with Crippen molar-refractivity contribution >= 4 is 23.3 Å². The first-order valence-electron chi connectivity index (χ1n) is 7.29. The molecule has 116 valence electrons. The van der Waals surface area contributed by atoms with Crippen molar-refractivity contribution in [3.63, 3.8) is 0 Å². The maximum atomic E-state index is 11.3. The number of nitro benzene ring substituents is 1. The molecule has 0 amide bonds. The number of para-hydroxylation sites is 2. The van der Waals surface area contributed by atoms with Crippen molar-refractivity contribution in [1.82, 2.24) is 9.78 Å². The summed E-state index contributed by atoms with van der Waals surface area (Å²) < 4.78 is 1.71. The second-order valence-electron chi connectivity index (χ2n) is 5.25.